The van der Waals surface area contributed by atoms with Crippen molar-refractivity contribution in [3.05, 3.63) is 99.9 Å². The van der Waals surface area contributed by atoms with Crippen LogP contribution in [0.15, 0.2) is 66.2 Å². The minimum atomic E-state index is -0.782. The Bertz CT molecular complexity index is 1360. The van der Waals surface area contributed by atoms with Crippen molar-refractivity contribution in [2.75, 3.05) is 20.8 Å². The molecule has 0 saturated carbocycles. The van der Waals surface area contributed by atoms with Gasteiger partial charge in [0.1, 0.15) is 11.6 Å². The van der Waals surface area contributed by atoms with Gasteiger partial charge in [0.2, 0.25) is 0 Å². The first kappa shape index (κ1) is 25.0. The van der Waals surface area contributed by atoms with Crippen molar-refractivity contribution in [3.8, 4) is 11.5 Å². The number of hydrogen-bond donors (Lipinski definition) is 1. The second-order valence-corrected chi connectivity index (χ2v) is 8.81. The Morgan fingerprint density at radius 1 is 0.972 bits per heavy atom. The first-order chi connectivity index (χ1) is 17.2. The van der Waals surface area contributed by atoms with Crippen LogP contribution in [-0.4, -0.2) is 42.5 Å². The van der Waals surface area contributed by atoms with E-state index in [0.717, 1.165) is 11.1 Å². The molecule has 1 fully saturated rings. The highest BCUT2D eigenvalue weighted by Crippen LogP contribution is 2.40. The highest BCUT2D eigenvalue weighted by atomic mass is 19.1. The van der Waals surface area contributed by atoms with Crippen molar-refractivity contribution in [3.63, 3.8) is 0 Å². The van der Waals surface area contributed by atoms with E-state index in [4.69, 9.17) is 9.47 Å². The number of hydrogen-bond acceptors (Lipinski definition) is 5. The van der Waals surface area contributed by atoms with Gasteiger partial charge in [0.05, 0.1) is 25.8 Å². The van der Waals surface area contributed by atoms with E-state index in [0.29, 0.717) is 29.0 Å². The lowest BCUT2D eigenvalue weighted by Crippen LogP contribution is -2.31. The Morgan fingerprint density at radius 3 is 2.39 bits per heavy atom. The molecule has 0 aliphatic carbocycles. The fourth-order valence-corrected chi connectivity index (χ4v) is 4.53. The summed E-state index contributed by atoms with van der Waals surface area (Å²) in [5, 5.41) is 11.2. The molecule has 0 spiro atoms. The molecule has 1 N–H and O–H groups in total. The molecule has 0 bridgehead atoms. The third kappa shape index (κ3) is 4.69. The van der Waals surface area contributed by atoms with E-state index in [9.17, 15) is 19.1 Å². The molecule has 1 saturated heterocycles. The number of aryl methyl sites for hydroxylation is 2. The van der Waals surface area contributed by atoms with Crippen LogP contribution in [0.1, 0.15) is 33.9 Å². The Morgan fingerprint density at radius 2 is 1.72 bits per heavy atom. The summed E-state index contributed by atoms with van der Waals surface area (Å²) in [6.07, 6.45) is 0.450. The van der Waals surface area contributed by atoms with Crippen LogP contribution in [0.5, 0.6) is 11.5 Å². The normalized spacial score (nSPS) is 16.9. The summed E-state index contributed by atoms with van der Waals surface area (Å²) in [6.45, 7) is 3.73. The van der Waals surface area contributed by atoms with Crippen LogP contribution in [0.4, 0.5) is 4.39 Å². The molecule has 4 rings (SSSR count). The smallest absolute Gasteiger partial charge is 0.295 e. The SMILES string of the molecule is COc1ccc(CCN2C(=O)C(=O)/C(=C(\O)c3ccc(F)c(C)c3)C2c2cccc(C)c2)cc1OC. The summed E-state index contributed by atoms with van der Waals surface area (Å²) >= 11 is 0. The topological polar surface area (TPSA) is 76.1 Å². The second kappa shape index (κ2) is 10.2. The van der Waals surface area contributed by atoms with Gasteiger partial charge in [-0.3, -0.25) is 9.59 Å². The Balaban J connectivity index is 1.76. The van der Waals surface area contributed by atoms with E-state index in [-0.39, 0.29) is 23.4 Å². The van der Waals surface area contributed by atoms with Crippen LogP contribution < -0.4 is 9.47 Å². The Kier molecular flexibility index (Phi) is 7.10. The molecule has 0 radical (unpaired) electrons. The van der Waals surface area contributed by atoms with Crippen molar-refractivity contribution >= 4 is 17.4 Å². The zero-order valence-electron chi connectivity index (χ0n) is 20.7. The molecule has 0 aromatic heterocycles. The fraction of sp³-hybridized carbons (Fsp3) is 0.241. The van der Waals surface area contributed by atoms with Gasteiger partial charge in [-0.2, -0.15) is 0 Å². The van der Waals surface area contributed by atoms with Gasteiger partial charge in [0.25, 0.3) is 11.7 Å². The average Bonchev–Trinajstić information content (AvgIpc) is 3.13. The molecule has 1 atom stereocenters. The number of nitrogens with zero attached hydrogens (tertiary/aromatic N) is 1. The van der Waals surface area contributed by atoms with E-state index in [2.05, 4.69) is 0 Å². The van der Waals surface area contributed by atoms with Crippen molar-refractivity contribution in [1.82, 2.24) is 4.90 Å². The number of amides is 1. The number of carbonyl (C=O) groups is 2. The van der Waals surface area contributed by atoms with Crippen LogP contribution in [0, 0.1) is 19.7 Å². The maximum atomic E-state index is 13.8. The second-order valence-electron chi connectivity index (χ2n) is 8.81. The number of carbonyl (C=O) groups excluding carboxylic acids is 2. The van der Waals surface area contributed by atoms with Gasteiger partial charge in [-0.1, -0.05) is 35.9 Å². The van der Waals surface area contributed by atoms with Gasteiger partial charge in [-0.05, 0) is 67.3 Å². The van der Waals surface area contributed by atoms with Crippen LogP contribution in [-0.2, 0) is 16.0 Å². The van der Waals surface area contributed by atoms with E-state index in [1.54, 1.807) is 27.2 Å². The lowest BCUT2D eigenvalue weighted by molar-refractivity contribution is -0.139. The van der Waals surface area contributed by atoms with Gasteiger partial charge in [-0.25, -0.2) is 4.39 Å². The zero-order chi connectivity index (χ0) is 26.0. The molecule has 1 aliphatic rings. The van der Waals surface area contributed by atoms with E-state index in [1.807, 2.05) is 43.3 Å². The first-order valence-electron chi connectivity index (χ1n) is 11.6. The molecule has 1 unspecified atom stereocenters. The number of Topliss-reactive ketones (excluding diaryl/α,β-unsaturated/α-hetero) is 1. The number of methoxy groups -OCH3 is 2. The maximum Gasteiger partial charge on any atom is 0.295 e. The summed E-state index contributed by atoms with van der Waals surface area (Å²) in [6, 6.07) is 16.3. The molecule has 1 aliphatic heterocycles. The number of halogens is 1. The van der Waals surface area contributed by atoms with Crippen LogP contribution in [0.3, 0.4) is 0 Å². The standard InChI is InChI=1S/C29H28FNO5/c1-17-6-5-7-20(14-17)26-25(27(32)21-9-10-22(30)18(2)15-21)28(33)29(34)31(26)13-12-19-8-11-23(35-3)24(16-19)36-4/h5-11,14-16,26,32H,12-13H2,1-4H3/b27-25-. The predicted molar refractivity (Wildman–Crippen MR) is 135 cm³/mol. The van der Waals surface area contributed by atoms with Gasteiger partial charge >= 0.3 is 0 Å². The summed E-state index contributed by atoms with van der Waals surface area (Å²) < 4.78 is 24.5. The number of aliphatic hydroxyl groups excluding tert-OH is 1. The van der Waals surface area contributed by atoms with Crippen molar-refractivity contribution in [2.24, 2.45) is 0 Å². The van der Waals surface area contributed by atoms with Gasteiger partial charge < -0.3 is 19.5 Å². The van der Waals surface area contributed by atoms with Gasteiger partial charge in [-0.15, -0.1) is 0 Å². The highest BCUT2D eigenvalue weighted by molar-refractivity contribution is 6.46. The van der Waals surface area contributed by atoms with Crippen molar-refractivity contribution in [2.45, 2.75) is 26.3 Å². The lowest BCUT2D eigenvalue weighted by atomic mass is 9.94. The monoisotopic (exact) mass is 489 g/mol. The predicted octanol–water partition coefficient (Wildman–Crippen LogP) is 5.12. The lowest BCUT2D eigenvalue weighted by Gasteiger charge is -2.26. The number of benzene rings is 3. The van der Waals surface area contributed by atoms with E-state index >= 15 is 0 Å². The molecule has 1 heterocycles. The first-order valence-corrected chi connectivity index (χ1v) is 11.6. The molecule has 3 aromatic carbocycles. The molecular weight excluding hydrogens is 461 g/mol. The maximum absolute atomic E-state index is 13.8. The van der Waals surface area contributed by atoms with E-state index < -0.39 is 23.5 Å². The zero-order valence-corrected chi connectivity index (χ0v) is 20.7. The summed E-state index contributed by atoms with van der Waals surface area (Å²) in [5.41, 5.74) is 3.16. The molecule has 1 amide bonds. The molecule has 7 heteroatoms. The third-order valence-electron chi connectivity index (χ3n) is 6.42. The van der Waals surface area contributed by atoms with E-state index in [1.165, 1.54) is 23.1 Å². The van der Waals surface area contributed by atoms with Crippen molar-refractivity contribution in [1.29, 1.82) is 0 Å². The number of aliphatic hydroxyl groups is 1. The molecule has 186 valence electrons. The number of ketones is 1. The third-order valence-corrected chi connectivity index (χ3v) is 6.42. The minimum Gasteiger partial charge on any atom is -0.507 e. The highest BCUT2D eigenvalue weighted by Gasteiger charge is 2.45. The number of rotatable bonds is 7. The summed E-state index contributed by atoms with van der Waals surface area (Å²) in [4.78, 5) is 27.9. The van der Waals surface area contributed by atoms with Gasteiger partial charge in [0.15, 0.2) is 11.5 Å². The molecule has 3 aromatic rings. The molecule has 36 heavy (non-hydrogen) atoms. The van der Waals surface area contributed by atoms with Crippen LogP contribution >= 0.6 is 0 Å². The fourth-order valence-electron chi connectivity index (χ4n) is 4.53. The van der Waals surface area contributed by atoms with Crippen molar-refractivity contribution < 1.29 is 28.6 Å². The largest absolute Gasteiger partial charge is 0.507 e. The number of ether oxygens (including phenoxy) is 2. The summed E-state index contributed by atoms with van der Waals surface area (Å²) in [5.74, 6) is -1.04. The number of likely N-dealkylation sites (tertiary alicyclic amines) is 1. The summed E-state index contributed by atoms with van der Waals surface area (Å²) in [7, 11) is 3.11. The quantitative estimate of drug-likeness (QED) is 0.283. The average molecular weight is 490 g/mol. The Hall–Kier alpha value is -4.13. The van der Waals surface area contributed by atoms with Crippen LogP contribution in [0.25, 0.3) is 5.76 Å². The Labute approximate surface area is 209 Å². The minimum absolute atomic E-state index is 0.0103. The van der Waals surface area contributed by atoms with Crippen LogP contribution in [0.2, 0.25) is 0 Å². The molecule has 6 nitrogen and oxygen atoms in total. The molecular formula is C29H28FNO5. The van der Waals surface area contributed by atoms with Gasteiger partial charge in [0, 0.05) is 12.1 Å².